The van der Waals surface area contributed by atoms with Crippen molar-refractivity contribution in [2.45, 2.75) is 32.9 Å². The van der Waals surface area contributed by atoms with Crippen LogP contribution in [0.3, 0.4) is 0 Å². The van der Waals surface area contributed by atoms with E-state index in [1.807, 2.05) is 18.7 Å². The number of hydrogen-bond acceptors (Lipinski definition) is 7. The molecule has 1 aromatic heterocycles. The lowest BCUT2D eigenvalue weighted by Gasteiger charge is -2.44. The highest BCUT2D eigenvalue weighted by Gasteiger charge is 2.33. The Morgan fingerprint density at radius 1 is 1.24 bits per heavy atom. The molecule has 2 atom stereocenters. The van der Waals surface area contributed by atoms with Gasteiger partial charge in [0.15, 0.2) is 0 Å². The monoisotopic (exact) mass is 547 g/mol. The number of fused-ring (bicyclic) bond motifs is 1. The topological polar surface area (TPSA) is 116 Å². The van der Waals surface area contributed by atoms with Crippen LogP contribution in [0.25, 0.3) is 22.0 Å². The van der Waals surface area contributed by atoms with Crippen LogP contribution in [0, 0.1) is 12.7 Å². The number of rotatable bonds is 5. The van der Waals surface area contributed by atoms with Crippen molar-refractivity contribution in [3.8, 4) is 16.9 Å². The van der Waals surface area contributed by atoms with Gasteiger partial charge in [-0.25, -0.2) is 17.8 Å². The summed E-state index contributed by atoms with van der Waals surface area (Å²) in [6.45, 7) is 9.86. The fourth-order valence-corrected chi connectivity index (χ4v) is 5.48. The number of piperazine rings is 1. The molecule has 196 valence electrons. The maximum Gasteiger partial charge on any atom is 0.246 e. The summed E-state index contributed by atoms with van der Waals surface area (Å²) in [6.07, 6.45) is 2.26. The summed E-state index contributed by atoms with van der Waals surface area (Å²) in [5.41, 5.74) is 0.928. The quantitative estimate of drug-likeness (QED) is 0.462. The van der Waals surface area contributed by atoms with Crippen molar-refractivity contribution < 1.29 is 22.7 Å². The van der Waals surface area contributed by atoms with Gasteiger partial charge in [0.05, 0.1) is 17.3 Å². The van der Waals surface area contributed by atoms with E-state index in [0.717, 1.165) is 6.26 Å². The van der Waals surface area contributed by atoms with Crippen LogP contribution in [-0.4, -0.2) is 65.7 Å². The van der Waals surface area contributed by atoms with Crippen molar-refractivity contribution in [1.29, 1.82) is 0 Å². The predicted molar refractivity (Wildman–Crippen MR) is 143 cm³/mol. The van der Waals surface area contributed by atoms with Crippen molar-refractivity contribution in [1.82, 2.24) is 14.9 Å². The summed E-state index contributed by atoms with van der Waals surface area (Å²) < 4.78 is 41.2. The Bertz CT molecular complexity index is 1510. The first kappa shape index (κ1) is 26.6. The minimum atomic E-state index is -3.72. The second-order valence-electron chi connectivity index (χ2n) is 9.18. The molecule has 2 aromatic carbocycles. The van der Waals surface area contributed by atoms with E-state index in [4.69, 9.17) is 11.6 Å². The molecule has 2 heterocycles. The van der Waals surface area contributed by atoms with Gasteiger partial charge in [-0.1, -0.05) is 24.2 Å². The largest absolute Gasteiger partial charge is 0.507 e. The Balaban J connectivity index is 1.97. The molecule has 37 heavy (non-hydrogen) atoms. The molecule has 1 aliphatic rings. The summed E-state index contributed by atoms with van der Waals surface area (Å²) >= 11 is 6.67. The molecular formula is C25H27ClFN5O4S. The number of anilines is 2. The number of benzene rings is 2. The average Bonchev–Trinajstić information content (AvgIpc) is 2.80. The molecule has 0 spiro atoms. The van der Waals surface area contributed by atoms with Crippen molar-refractivity contribution in [2.24, 2.45) is 0 Å². The van der Waals surface area contributed by atoms with Crippen molar-refractivity contribution >= 4 is 50.2 Å². The van der Waals surface area contributed by atoms with Crippen LogP contribution in [0.5, 0.6) is 5.75 Å². The summed E-state index contributed by atoms with van der Waals surface area (Å²) in [4.78, 5) is 25.0. The van der Waals surface area contributed by atoms with E-state index in [2.05, 4.69) is 21.3 Å². The number of carbonyl (C=O) groups excluding carboxylic acids is 1. The zero-order chi connectivity index (χ0) is 27.2. The highest BCUT2D eigenvalue weighted by Crippen LogP contribution is 2.43. The number of sulfonamides is 1. The first-order valence-electron chi connectivity index (χ1n) is 11.5. The Morgan fingerprint density at radius 3 is 2.57 bits per heavy atom. The minimum absolute atomic E-state index is 0.0803. The summed E-state index contributed by atoms with van der Waals surface area (Å²) in [6, 6.07) is 5.15. The summed E-state index contributed by atoms with van der Waals surface area (Å²) in [7, 11) is -3.72. The maximum absolute atomic E-state index is 14.8. The lowest BCUT2D eigenvalue weighted by atomic mass is 9.96. The molecule has 0 saturated carbocycles. The third-order valence-corrected chi connectivity index (χ3v) is 7.25. The number of nitrogens with zero attached hydrogens (tertiary/aromatic N) is 4. The number of aryl methyl sites for hydroxylation is 1. The number of hydrogen-bond donors (Lipinski definition) is 2. The Hall–Kier alpha value is -3.44. The molecule has 0 aliphatic carbocycles. The van der Waals surface area contributed by atoms with Crippen LogP contribution < -0.4 is 9.62 Å². The average molecular weight is 548 g/mol. The molecule has 12 heteroatoms. The number of amides is 1. The van der Waals surface area contributed by atoms with Crippen LogP contribution in [0.4, 0.5) is 16.2 Å². The molecule has 0 radical (unpaired) electrons. The lowest BCUT2D eigenvalue weighted by Crippen LogP contribution is -2.58. The number of aromatic nitrogens is 2. The number of carbonyl (C=O) groups is 1. The van der Waals surface area contributed by atoms with Gasteiger partial charge in [-0.3, -0.25) is 9.52 Å². The molecule has 1 aliphatic heterocycles. The van der Waals surface area contributed by atoms with E-state index in [-0.39, 0.29) is 45.8 Å². The Labute approximate surface area is 219 Å². The molecule has 1 fully saturated rings. The molecule has 1 saturated heterocycles. The van der Waals surface area contributed by atoms with E-state index in [9.17, 15) is 22.7 Å². The fourth-order valence-electron chi connectivity index (χ4n) is 4.72. The van der Waals surface area contributed by atoms with Crippen LogP contribution in [0.2, 0.25) is 5.02 Å². The van der Waals surface area contributed by atoms with Gasteiger partial charge in [-0.2, -0.15) is 4.98 Å². The fraction of sp³-hybridized carbons (Fsp3) is 0.320. The van der Waals surface area contributed by atoms with E-state index in [1.165, 1.54) is 24.3 Å². The standard InChI is InChI=1S/C25H27ClFN5O4S/c1-6-20(34)31-11-14(3)32(12-13(31)2)24-16-10-17(26)21(22-18(27)8-7-9-19(22)33)15(4)23(16)28-25(29-24)30-37(5,35)36/h6-10,13-14,33H,1,11-12H2,2-5H3,(H,28,29,30)/t13-,14+/m1/s1. The van der Waals surface area contributed by atoms with Crippen LogP contribution in [-0.2, 0) is 14.8 Å². The second kappa shape index (κ2) is 9.79. The number of aromatic hydroxyl groups is 1. The van der Waals surface area contributed by atoms with E-state index in [0.29, 0.717) is 35.4 Å². The molecule has 0 unspecified atom stereocenters. The molecular weight excluding hydrogens is 521 g/mol. The predicted octanol–water partition coefficient (Wildman–Crippen LogP) is 4.09. The van der Waals surface area contributed by atoms with E-state index in [1.54, 1.807) is 17.9 Å². The molecule has 2 N–H and O–H groups in total. The van der Waals surface area contributed by atoms with Crippen LogP contribution >= 0.6 is 11.6 Å². The first-order chi connectivity index (χ1) is 17.3. The highest BCUT2D eigenvalue weighted by molar-refractivity contribution is 7.92. The SMILES string of the molecule is C=CC(=O)N1C[C@H](C)N(c2nc(NS(C)(=O)=O)nc3c(C)c(-c4c(O)cccc4F)c(Cl)cc23)C[C@H]1C. The number of phenolic OH excluding ortho intramolecular Hbond substituents is 1. The Morgan fingerprint density at radius 2 is 1.95 bits per heavy atom. The third kappa shape index (κ3) is 5.05. The van der Waals surface area contributed by atoms with Gasteiger partial charge in [0.1, 0.15) is 17.4 Å². The zero-order valence-corrected chi connectivity index (χ0v) is 22.4. The number of phenols is 1. The normalized spacial score (nSPS) is 18.2. The Kier molecular flexibility index (Phi) is 7.04. The lowest BCUT2D eigenvalue weighted by molar-refractivity contribution is -0.128. The van der Waals surface area contributed by atoms with Gasteiger partial charge >= 0.3 is 0 Å². The smallest absolute Gasteiger partial charge is 0.246 e. The molecule has 0 bridgehead atoms. The molecule has 9 nitrogen and oxygen atoms in total. The highest BCUT2D eigenvalue weighted by atomic mass is 35.5. The third-order valence-electron chi connectivity index (χ3n) is 6.40. The number of halogens is 2. The maximum atomic E-state index is 14.8. The van der Waals surface area contributed by atoms with E-state index >= 15 is 0 Å². The van der Waals surface area contributed by atoms with Crippen molar-refractivity contribution in [2.75, 3.05) is 29.0 Å². The van der Waals surface area contributed by atoms with Crippen molar-refractivity contribution in [3.05, 3.63) is 53.3 Å². The van der Waals surface area contributed by atoms with Gasteiger partial charge in [-0.15, -0.1) is 0 Å². The van der Waals surface area contributed by atoms with Crippen molar-refractivity contribution in [3.63, 3.8) is 0 Å². The minimum Gasteiger partial charge on any atom is -0.507 e. The van der Waals surface area contributed by atoms with Gasteiger partial charge in [0, 0.05) is 41.1 Å². The van der Waals surface area contributed by atoms with E-state index < -0.39 is 15.8 Å². The van der Waals surface area contributed by atoms with Gasteiger partial charge in [-0.05, 0) is 50.6 Å². The van der Waals surface area contributed by atoms with Crippen LogP contribution in [0.1, 0.15) is 19.4 Å². The summed E-state index contributed by atoms with van der Waals surface area (Å²) in [5, 5.41) is 11.1. The van der Waals surface area contributed by atoms with Gasteiger partial charge < -0.3 is 14.9 Å². The van der Waals surface area contributed by atoms with Gasteiger partial charge in [0.25, 0.3) is 0 Å². The zero-order valence-electron chi connectivity index (χ0n) is 20.8. The molecule has 1 amide bonds. The molecule has 3 aromatic rings. The summed E-state index contributed by atoms with van der Waals surface area (Å²) in [5.74, 6) is -0.893. The second-order valence-corrected chi connectivity index (χ2v) is 11.3. The first-order valence-corrected chi connectivity index (χ1v) is 13.8. The van der Waals surface area contributed by atoms with Gasteiger partial charge in [0.2, 0.25) is 21.9 Å². The number of nitrogens with one attached hydrogen (secondary N) is 1. The van der Waals surface area contributed by atoms with Crippen LogP contribution in [0.15, 0.2) is 36.9 Å². The molecule has 4 rings (SSSR count).